The number of rotatable bonds is 9. The molecule has 2 N–H and O–H groups in total. The first-order chi connectivity index (χ1) is 8.27. The molecule has 0 radical (unpaired) electrons. The van der Waals surface area contributed by atoms with Gasteiger partial charge in [-0.15, -0.1) is 0 Å². The molecule has 17 heavy (non-hydrogen) atoms. The second-order valence-electron chi connectivity index (χ2n) is 5.73. The first kappa shape index (κ1) is 15.0. The maximum Gasteiger partial charge on any atom is 0.0772 e. The summed E-state index contributed by atoms with van der Waals surface area (Å²) in [7, 11) is 0. The molecule has 1 rings (SSSR count). The molecule has 0 saturated carbocycles. The van der Waals surface area contributed by atoms with Crippen LogP contribution in [0.4, 0.5) is 0 Å². The summed E-state index contributed by atoms with van der Waals surface area (Å²) in [5.74, 6) is 0. The summed E-state index contributed by atoms with van der Waals surface area (Å²) in [6.07, 6.45) is 13.9. The van der Waals surface area contributed by atoms with E-state index in [9.17, 15) is 5.11 Å². The molecule has 0 aromatic heterocycles. The lowest BCUT2D eigenvalue weighted by molar-refractivity contribution is 0.00632. The van der Waals surface area contributed by atoms with Crippen molar-refractivity contribution in [3.05, 3.63) is 0 Å². The third-order valence-electron chi connectivity index (χ3n) is 3.95. The van der Waals surface area contributed by atoms with Gasteiger partial charge in [-0.05, 0) is 25.8 Å². The Morgan fingerprint density at radius 3 is 2.24 bits per heavy atom. The summed E-state index contributed by atoms with van der Waals surface area (Å²) in [5.41, 5.74) is -0.388. The third kappa shape index (κ3) is 7.05. The highest BCUT2D eigenvalue weighted by Crippen LogP contribution is 2.23. The van der Waals surface area contributed by atoms with Gasteiger partial charge in [-0.1, -0.05) is 58.3 Å². The summed E-state index contributed by atoms with van der Waals surface area (Å²) in [6, 6.07) is 0. The molecule has 0 spiro atoms. The molecule has 0 amide bonds. The van der Waals surface area contributed by atoms with Crippen LogP contribution in [0.25, 0.3) is 0 Å². The molecule has 1 aliphatic rings. The van der Waals surface area contributed by atoms with Gasteiger partial charge in [0.05, 0.1) is 5.60 Å². The van der Waals surface area contributed by atoms with Gasteiger partial charge in [-0.25, -0.2) is 0 Å². The van der Waals surface area contributed by atoms with Crippen LogP contribution in [0.5, 0.6) is 0 Å². The minimum atomic E-state index is -0.388. The number of hydrogen-bond donors (Lipinski definition) is 2. The largest absolute Gasteiger partial charge is 0.389 e. The molecule has 1 heterocycles. The molecule has 0 aromatic carbocycles. The molecule has 0 aliphatic carbocycles. The highest BCUT2D eigenvalue weighted by molar-refractivity contribution is 4.84. The number of aliphatic hydroxyl groups is 1. The molecule has 1 unspecified atom stereocenters. The topological polar surface area (TPSA) is 32.3 Å². The number of piperidine rings is 1. The quantitative estimate of drug-likeness (QED) is 0.604. The molecule has 0 bridgehead atoms. The SMILES string of the molecule is CCCCCCCCCCC1(O)CCCNC1. The molecular formula is C15H31NO. The Balaban J connectivity index is 1.89. The molecule has 2 heteroatoms. The van der Waals surface area contributed by atoms with Crippen molar-refractivity contribution in [3.63, 3.8) is 0 Å². The summed E-state index contributed by atoms with van der Waals surface area (Å²) in [4.78, 5) is 0. The fourth-order valence-corrected chi connectivity index (χ4v) is 2.75. The van der Waals surface area contributed by atoms with E-state index in [2.05, 4.69) is 12.2 Å². The van der Waals surface area contributed by atoms with Crippen molar-refractivity contribution in [1.82, 2.24) is 5.32 Å². The van der Waals surface area contributed by atoms with Gasteiger partial charge in [0.15, 0.2) is 0 Å². The number of unbranched alkanes of at least 4 members (excludes halogenated alkanes) is 7. The fraction of sp³-hybridized carbons (Fsp3) is 1.00. The Kier molecular flexibility index (Phi) is 7.87. The van der Waals surface area contributed by atoms with Crippen LogP contribution in [0, 0.1) is 0 Å². The van der Waals surface area contributed by atoms with Gasteiger partial charge in [-0.2, -0.15) is 0 Å². The van der Waals surface area contributed by atoms with Crippen molar-refractivity contribution in [2.75, 3.05) is 13.1 Å². The minimum Gasteiger partial charge on any atom is -0.389 e. The van der Waals surface area contributed by atoms with Crippen LogP contribution in [0.15, 0.2) is 0 Å². The maximum atomic E-state index is 10.3. The average Bonchev–Trinajstić information content (AvgIpc) is 2.33. The summed E-state index contributed by atoms with van der Waals surface area (Å²) in [6.45, 7) is 4.15. The van der Waals surface area contributed by atoms with Crippen LogP contribution in [0.2, 0.25) is 0 Å². The monoisotopic (exact) mass is 241 g/mol. The van der Waals surface area contributed by atoms with Crippen molar-refractivity contribution in [1.29, 1.82) is 0 Å². The summed E-state index contributed by atoms with van der Waals surface area (Å²) < 4.78 is 0. The van der Waals surface area contributed by atoms with E-state index in [1.54, 1.807) is 0 Å². The number of nitrogens with one attached hydrogen (secondary N) is 1. The van der Waals surface area contributed by atoms with Crippen molar-refractivity contribution in [2.24, 2.45) is 0 Å². The predicted octanol–water partition coefficient (Wildman–Crippen LogP) is 3.63. The summed E-state index contributed by atoms with van der Waals surface area (Å²) in [5, 5.41) is 13.6. The van der Waals surface area contributed by atoms with Crippen LogP contribution in [0.3, 0.4) is 0 Å². The molecular weight excluding hydrogens is 210 g/mol. The van der Waals surface area contributed by atoms with E-state index >= 15 is 0 Å². The smallest absolute Gasteiger partial charge is 0.0772 e. The van der Waals surface area contributed by atoms with E-state index in [-0.39, 0.29) is 5.60 Å². The molecule has 1 fully saturated rings. The highest BCUT2D eigenvalue weighted by atomic mass is 16.3. The Morgan fingerprint density at radius 1 is 1.00 bits per heavy atom. The average molecular weight is 241 g/mol. The molecule has 1 aliphatic heterocycles. The highest BCUT2D eigenvalue weighted by Gasteiger charge is 2.27. The maximum absolute atomic E-state index is 10.3. The number of hydrogen-bond acceptors (Lipinski definition) is 2. The van der Waals surface area contributed by atoms with Crippen molar-refractivity contribution in [3.8, 4) is 0 Å². The van der Waals surface area contributed by atoms with Gasteiger partial charge in [-0.3, -0.25) is 0 Å². The van der Waals surface area contributed by atoms with E-state index in [1.807, 2.05) is 0 Å². The fourth-order valence-electron chi connectivity index (χ4n) is 2.75. The van der Waals surface area contributed by atoms with Gasteiger partial charge in [0.2, 0.25) is 0 Å². The van der Waals surface area contributed by atoms with Crippen LogP contribution >= 0.6 is 0 Å². The predicted molar refractivity (Wildman–Crippen MR) is 74.3 cm³/mol. The zero-order chi connectivity index (χ0) is 12.4. The Morgan fingerprint density at radius 2 is 1.65 bits per heavy atom. The first-order valence-corrected chi connectivity index (χ1v) is 7.70. The molecule has 0 aromatic rings. The van der Waals surface area contributed by atoms with Crippen molar-refractivity contribution in [2.45, 2.75) is 83.2 Å². The van der Waals surface area contributed by atoms with Gasteiger partial charge >= 0.3 is 0 Å². The van der Waals surface area contributed by atoms with Crippen molar-refractivity contribution < 1.29 is 5.11 Å². The molecule has 102 valence electrons. The Bertz CT molecular complexity index is 176. The van der Waals surface area contributed by atoms with E-state index in [1.165, 1.54) is 51.4 Å². The lowest BCUT2D eigenvalue weighted by Gasteiger charge is -2.32. The molecule has 1 saturated heterocycles. The van der Waals surface area contributed by atoms with Crippen LogP contribution < -0.4 is 5.32 Å². The standard InChI is InChI=1S/C15H31NO/c1-2-3-4-5-6-7-8-9-11-15(17)12-10-13-16-14-15/h16-17H,2-14H2,1H3. The van der Waals surface area contributed by atoms with Crippen LogP contribution in [-0.2, 0) is 0 Å². The zero-order valence-electron chi connectivity index (χ0n) is 11.6. The minimum absolute atomic E-state index is 0.388. The van der Waals surface area contributed by atoms with Gasteiger partial charge in [0, 0.05) is 6.54 Å². The van der Waals surface area contributed by atoms with Gasteiger partial charge in [0.1, 0.15) is 0 Å². The Hall–Kier alpha value is -0.0800. The summed E-state index contributed by atoms with van der Waals surface area (Å²) >= 11 is 0. The second kappa shape index (κ2) is 8.93. The lowest BCUT2D eigenvalue weighted by atomic mass is 9.88. The second-order valence-corrected chi connectivity index (χ2v) is 5.73. The van der Waals surface area contributed by atoms with E-state index in [4.69, 9.17) is 0 Å². The van der Waals surface area contributed by atoms with E-state index < -0.39 is 0 Å². The van der Waals surface area contributed by atoms with Gasteiger partial charge < -0.3 is 10.4 Å². The lowest BCUT2D eigenvalue weighted by Crippen LogP contribution is -2.45. The third-order valence-corrected chi connectivity index (χ3v) is 3.95. The normalized spacial score (nSPS) is 25.1. The van der Waals surface area contributed by atoms with E-state index in [0.717, 1.165) is 32.4 Å². The van der Waals surface area contributed by atoms with Crippen molar-refractivity contribution >= 4 is 0 Å². The molecule has 2 nitrogen and oxygen atoms in total. The van der Waals surface area contributed by atoms with Gasteiger partial charge in [0.25, 0.3) is 0 Å². The Labute approximate surface area is 107 Å². The van der Waals surface area contributed by atoms with E-state index in [0.29, 0.717) is 0 Å². The molecule has 1 atom stereocenters. The number of β-amino-alcohol motifs (C(OH)–C–C–N with tert-alkyl or cyclic N) is 1. The zero-order valence-corrected chi connectivity index (χ0v) is 11.6. The first-order valence-electron chi connectivity index (χ1n) is 7.70. The van der Waals surface area contributed by atoms with Crippen LogP contribution in [0.1, 0.15) is 77.6 Å². The van der Waals surface area contributed by atoms with Crippen LogP contribution in [-0.4, -0.2) is 23.8 Å².